The number of hydrogen-bond acceptors (Lipinski definition) is 6. The number of tetrazole rings is 1. The molecule has 2 N–H and O–H groups in total. The predicted molar refractivity (Wildman–Crippen MR) is 73.8 cm³/mol. The Morgan fingerprint density at radius 2 is 2.32 bits per heavy atom. The van der Waals surface area contributed by atoms with E-state index in [1.54, 1.807) is 11.3 Å². The third-order valence-corrected chi connectivity index (χ3v) is 3.35. The van der Waals surface area contributed by atoms with Gasteiger partial charge in [-0.1, -0.05) is 12.1 Å². The molecule has 3 rings (SSSR count). The maximum atomic E-state index is 4.30. The average molecular weight is 272 g/mol. The Balaban J connectivity index is 1.80. The van der Waals surface area contributed by atoms with E-state index in [2.05, 4.69) is 37.8 Å². The minimum Gasteiger partial charge on any atom is -0.377 e. The summed E-state index contributed by atoms with van der Waals surface area (Å²) in [5.41, 5.74) is 4.80. The van der Waals surface area contributed by atoms with Crippen LogP contribution < -0.4 is 5.32 Å². The number of benzene rings is 1. The first kappa shape index (κ1) is 11.8. The van der Waals surface area contributed by atoms with E-state index < -0.39 is 0 Å². The van der Waals surface area contributed by atoms with E-state index in [0.29, 0.717) is 5.82 Å². The van der Waals surface area contributed by atoms with E-state index in [0.717, 1.165) is 16.9 Å². The first-order chi connectivity index (χ1) is 9.33. The molecule has 2 heterocycles. The molecule has 0 fully saturated rings. The van der Waals surface area contributed by atoms with E-state index >= 15 is 0 Å². The van der Waals surface area contributed by atoms with Crippen LogP contribution in [0, 0.1) is 0 Å². The second-order valence-electron chi connectivity index (χ2n) is 4.10. The summed E-state index contributed by atoms with van der Waals surface area (Å²) in [6.45, 7) is 2.08. The Hall–Kier alpha value is -2.28. The van der Waals surface area contributed by atoms with Crippen molar-refractivity contribution in [2.24, 2.45) is 0 Å². The molecule has 0 bridgehead atoms. The number of aromatic nitrogens is 5. The maximum absolute atomic E-state index is 4.30. The molecule has 0 aliphatic rings. The second kappa shape index (κ2) is 5.15. The van der Waals surface area contributed by atoms with Gasteiger partial charge < -0.3 is 5.32 Å². The van der Waals surface area contributed by atoms with Gasteiger partial charge in [-0.3, -0.25) is 0 Å². The molecule has 0 spiro atoms. The highest BCUT2D eigenvalue weighted by Gasteiger charge is 2.08. The van der Waals surface area contributed by atoms with Crippen molar-refractivity contribution in [3.8, 4) is 11.4 Å². The third-order valence-electron chi connectivity index (χ3n) is 2.74. The third kappa shape index (κ3) is 2.60. The highest BCUT2D eigenvalue weighted by atomic mass is 32.1. The van der Waals surface area contributed by atoms with Gasteiger partial charge in [-0.05, 0) is 24.3 Å². The van der Waals surface area contributed by atoms with E-state index in [9.17, 15) is 0 Å². The molecule has 3 aromatic rings. The van der Waals surface area contributed by atoms with E-state index in [1.807, 2.05) is 35.2 Å². The fraction of sp³-hybridized carbons (Fsp3) is 0.167. The molecule has 0 amide bonds. The predicted octanol–water partition coefficient (Wildman–Crippen LogP) is 2.50. The van der Waals surface area contributed by atoms with Crippen molar-refractivity contribution in [1.82, 2.24) is 25.6 Å². The van der Waals surface area contributed by atoms with Crippen molar-refractivity contribution < 1.29 is 0 Å². The van der Waals surface area contributed by atoms with Gasteiger partial charge in [0.1, 0.15) is 0 Å². The first-order valence-corrected chi connectivity index (χ1v) is 6.76. The van der Waals surface area contributed by atoms with Gasteiger partial charge in [-0.25, -0.2) is 4.98 Å². The van der Waals surface area contributed by atoms with E-state index in [1.165, 1.54) is 0 Å². The van der Waals surface area contributed by atoms with Gasteiger partial charge in [-0.15, -0.1) is 21.5 Å². The molecule has 19 heavy (non-hydrogen) atoms. The lowest BCUT2D eigenvalue weighted by Crippen LogP contribution is -2.06. The molecular formula is C12H12N6S. The summed E-state index contributed by atoms with van der Waals surface area (Å²) in [7, 11) is 0. The number of H-pyrrole nitrogens is 1. The van der Waals surface area contributed by atoms with Gasteiger partial charge in [0.2, 0.25) is 5.82 Å². The van der Waals surface area contributed by atoms with Crippen LogP contribution in [0.25, 0.3) is 11.4 Å². The number of thiazole rings is 1. The summed E-state index contributed by atoms with van der Waals surface area (Å²) >= 11 is 1.60. The first-order valence-electron chi connectivity index (χ1n) is 5.81. The SMILES string of the molecule is CC(Nc1cccc(-c2nn[nH]n2)c1)c1cscn1. The summed E-state index contributed by atoms with van der Waals surface area (Å²) in [5, 5.41) is 19.4. The van der Waals surface area contributed by atoms with Crippen LogP contribution in [-0.2, 0) is 0 Å². The number of aromatic amines is 1. The van der Waals surface area contributed by atoms with Gasteiger partial charge in [0.05, 0.1) is 17.2 Å². The monoisotopic (exact) mass is 272 g/mol. The van der Waals surface area contributed by atoms with Gasteiger partial charge in [0, 0.05) is 16.6 Å². The van der Waals surface area contributed by atoms with Crippen LogP contribution in [-0.4, -0.2) is 25.6 Å². The molecule has 0 aliphatic carbocycles. The normalized spacial score (nSPS) is 12.3. The lowest BCUT2D eigenvalue weighted by Gasteiger charge is -2.13. The number of nitrogens with one attached hydrogen (secondary N) is 2. The number of anilines is 1. The molecule has 1 unspecified atom stereocenters. The van der Waals surface area contributed by atoms with Gasteiger partial charge >= 0.3 is 0 Å². The van der Waals surface area contributed by atoms with Gasteiger partial charge in [-0.2, -0.15) is 5.21 Å². The molecular weight excluding hydrogens is 260 g/mol. The van der Waals surface area contributed by atoms with E-state index in [4.69, 9.17) is 0 Å². The van der Waals surface area contributed by atoms with Crippen LogP contribution in [0.15, 0.2) is 35.2 Å². The molecule has 0 saturated heterocycles. The van der Waals surface area contributed by atoms with Crippen molar-refractivity contribution in [3.05, 3.63) is 40.8 Å². The molecule has 0 aliphatic heterocycles. The minimum atomic E-state index is 0.159. The quantitative estimate of drug-likeness (QED) is 0.762. The lowest BCUT2D eigenvalue weighted by atomic mass is 10.1. The Morgan fingerprint density at radius 3 is 3.05 bits per heavy atom. The van der Waals surface area contributed by atoms with Gasteiger partial charge in [0.25, 0.3) is 0 Å². The van der Waals surface area contributed by atoms with Crippen molar-refractivity contribution in [2.45, 2.75) is 13.0 Å². The standard InChI is InChI=1S/C12H12N6S/c1-8(11-6-19-7-13-11)14-10-4-2-3-9(5-10)12-15-17-18-16-12/h2-8,14H,1H3,(H,15,16,17,18). The molecule has 0 saturated carbocycles. The highest BCUT2D eigenvalue weighted by Crippen LogP contribution is 2.22. The number of rotatable bonds is 4. The summed E-state index contributed by atoms with van der Waals surface area (Å²) in [6, 6.07) is 8.07. The average Bonchev–Trinajstić information content (AvgIpc) is 3.13. The van der Waals surface area contributed by atoms with Gasteiger partial charge in [0.15, 0.2) is 0 Å². The number of hydrogen-bond donors (Lipinski definition) is 2. The summed E-state index contributed by atoms with van der Waals surface area (Å²) < 4.78 is 0. The molecule has 7 heteroatoms. The largest absolute Gasteiger partial charge is 0.377 e. The van der Waals surface area contributed by atoms with Crippen molar-refractivity contribution in [2.75, 3.05) is 5.32 Å². The highest BCUT2D eigenvalue weighted by molar-refractivity contribution is 7.07. The zero-order valence-corrected chi connectivity index (χ0v) is 11.1. The van der Waals surface area contributed by atoms with Crippen LogP contribution in [0.4, 0.5) is 5.69 Å². The van der Waals surface area contributed by atoms with E-state index in [-0.39, 0.29) is 6.04 Å². The Bertz CT molecular complexity index is 634. The topological polar surface area (TPSA) is 79.4 Å². The molecule has 1 atom stereocenters. The second-order valence-corrected chi connectivity index (χ2v) is 4.81. The Labute approximate surface area is 113 Å². The molecule has 2 aromatic heterocycles. The summed E-state index contributed by atoms with van der Waals surface area (Å²) in [6.07, 6.45) is 0. The summed E-state index contributed by atoms with van der Waals surface area (Å²) in [4.78, 5) is 4.30. The molecule has 1 aromatic carbocycles. The smallest absolute Gasteiger partial charge is 0.204 e. The number of nitrogens with zero attached hydrogens (tertiary/aromatic N) is 4. The van der Waals surface area contributed by atoms with Crippen LogP contribution in [0.5, 0.6) is 0 Å². The zero-order valence-electron chi connectivity index (χ0n) is 10.2. The van der Waals surface area contributed by atoms with Crippen LogP contribution >= 0.6 is 11.3 Å². The minimum absolute atomic E-state index is 0.159. The van der Waals surface area contributed by atoms with Crippen LogP contribution in [0.2, 0.25) is 0 Å². The molecule has 6 nitrogen and oxygen atoms in total. The lowest BCUT2D eigenvalue weighted by molar-refractivity contribution is 0.850. The van der Waals surface area contributed by atoms with Crippen LogP contribution in [0.1, 0.15) is 18.7 Å². The fourth-order valence-electron chi connectivity index (χ4n) is 1.79. The van der Waals surface area contributed by atoms with Crippen molar-refractivity contribution in [3.63, 3.8) is 0 Å². The molecule has 96 valence electrons. The van der Waals surface area contributed by atoms with Crippen LogP contribution in [0.3, 0.4) is 0 Å². The van der Waals surface area contributed by atoms with Crippen molar-refractivity contribution >= 4 is 17.0 Å². The molecule has 0 radical (unpaired) electrons. The summed E-state index contributed by atoms with van der Waals surface area (Å²) in [5.74, 6) is 0.588. The fourth-order valence-corrected chi connectivity index (χ4v) is 2.44. The zero-order chi connectivity index (χ0) is 13.1. The Morgan fingerprint density at radius 1 is 1.37 bits per heavy atom. The Kier molecular flexibility index (Phi) is 3.20. The maximum Gasteiger partial charge on any atom is 0.204 e. The van der Waals surface area contributed by atoms with Crippen molar-refractivity contribution in [1.29, 1.82) is 0 Å².